The number of amides is 2. The van der Waals surface area contributed by atoms with E-state index in [0.717, 1.165) is 12.8 Å². The number of nitrogens with zero attached hydrogens (tertiary/aromatic N) is 1. The van der Waals surface area contributed by atoms with E-state index < -0.39 is 5.97 Å². The summed E-state index contributed by atoms with van der Waals surface area (Å²) in [6.45, 7) is 3.66. The van der Waals surface area contributed by atoms with E-state index in [4.69, 9.17) is 9.84 Å². The van der Waals surface area contributed by atoms with E-state index in [-0.39, 0.29) is 18.0 Å². The van der Waals surface area contributed by atoms with Crippen LogP contribution in [0.5, 0.6) is 0 Å². The first-order chi connectivity index (χ1) is 9.08. The molecule has 1 saturated carbocycles. The van der Waals surface area contributed by atoms with Gasteiger partial charge in [0.2, 0.25) is 0 Å². The maximum atomic E-state index is 12.0. The number of hydrogen-bond acceptors (Lipinski definition) is 3. The van der Waals surface area contributed by atoms with Crippen LogP contribution >= 0.6 is 0 Å². The zero-order chi connectivity index (χ0) is 14.3. The summed E-state index contributed by atoms with van der Waals surface area (Å²) in [7, 11) is 1.61. The lowest BCUT2D eigenvalue weighted by molar-refractivity contribution is -0.142. The van der Waals surface area contributed by atoms with Crippen LogP contribution in [0.4, 0.5) is 4.79 Å². The van der Waals surface area contributed by atoms with Gasteiger partial charge in [0.25, 0.3) is 0 Å². The first-order valence-electron chi connectivity index (χ1n) is 6.85. The monoisotopic (exact) mass is 272 g/mol. The normalized spacial score (nSPS) is 22.8. The molecule has 1 rings (SSSR count). The molecule has 0 spiro atoms. The number of carboxylic acids is 1. The number of carbonyl (C=O) groups is 2. The number of carboxylic acid groups (broad SMARTS) is 1. The maximum absolute atomic E-state index is 12.0. The minimum absolute atomic E-state index is 0.0849. The molecule has 19 heavy (non-hydrogen) atoms. The molecule has 0 atom stereocenters. The number of carbonyl (C=O) groups excluding carboxylic acids is 1. The first-order valence-corrected chi connectivity index (χ1v) is 6.85. The molecule has 6 nitrogen and oxygen atoms in total. The Morgan fingerprint density at radius 2 is 1.95 bits per heavy atom. The zero-order valence-electron chi connectivity index (χ0n) is 11.7. The quantitative estimate of drug-likeness (QED) is 0.764. The Hall–Kier alpha value is -1.30. The predicted octanol–water partition coefficient (Wildman–Crippen LogP) is 1.31. The molecule has 0 unspecified atom stereocenters. The minimum Gasteiger partial charge on any atom is -0.481 e. The van der Waals surface area contributed by atoms with Crippen molar-refractivity contribution in [3.05, 3.63) is 0 Å². The third-order valence-corrected chi connectivity index (χ3v) is 3.64. The van der Waals surface area contributed by atoms with E-state index in [9.17, 15) is 9.59 Å². The maximum Gasteiger partial charge on any atom is 0.317 e. The van der Waals surface area contributed by atoms with Crippen LogP contribution in [0.3, 0.4) is 0 Å². The van der Waals surface area contributed by atoms with Crippen molar-refractivity contribution in [2.75, 3.05) is 26.8 Å². The first kappa shape index (κ1) is 15.8. The van der Waals surface area contributed by atoms with Crippen LogP contribution in [0.1, 0.15) is 32.6 Å². The van der Waals surface area contributed by atoms with Gasteiger partial charge < -0.3 is 20.1 Å². The topological polar surface area (TPSA) is 78.9 Å². The molecule has 2 amide bonds. The number of nitrogens with one attached hydrogen (secondary N) is 1. The van der Waals surface area contributed by atoms with Gasteiger partial charge in [0.1, 0.15) is 0 Å². The lowest BCUT2D eigenvalue weighted by atomic mass is 9.86. The minimum atomic E-state index is -0.722. The fourth-order valence-corrected chi connectivity index (χ4v) is 2.36. The standard InChI is InChI=1S/C13H24N2O4/c1-3-15(8-9-19-2)13(18)14-11-6-4-10(5-7-11)12(16)17/h10-11H,3-9H2,1-2H3,(H,14,18)(H,16,17). The van der Waals surface area contributed by atoms with E-state index in [2.05, 4.69) is 5.32 Å². The Balaban J connectivity index is 2.34. The Morgan fingerprint density at radius 1 is 1.32 bits per heavy atom. The molecular weight excluding hydrogens is 248 g/mol. The molecule has 1 aliphatic rings. The van der Waals surface area contributed by atoms with Crippen molar-refractivity contribution in [1.29, 1.82) is 0 Å². The summed E-state index contributed by atoms with van der Waals surface area (Å²) in [5.41, 5.74) is 0. The highest BCUT2D eigenvalue weighted by molar-refractivity contribution is 5.74. The van der Waals surface area contributed by atoms with Crippen molar-refractivity contribution >= 4 is 12.0 Å². The van der Waals surface area contributed by atoms with Crippen LogP contribution in [0.2, 0.25) is 0 Å². The number of hydrogen-bond donors (Lipinski definition) is 2. The molecule has 0 aromatic carbocycles. The number of ether oxygens (including phenoxy) is 1. The predicted molar refractivity (Wildman–Crippen MR) is 71.0 cm³/mol. The van der Waals surface area contributed by atoms with Gasteiger partial charge in [-0.05, 0) is 32.6 Å². The second-order valence-corrected chi connectivity index (χ2v) is 4.91. The molecule has 110 valence electrons. The number of urea groups is 1. The van der Waals surface area contributed by atoms with Gasteiger partial charge in [-0.1, -0.05) is 0 Å². The second kappa shape index (κ2) is 7.99. The van der Waals surface area contributed by atoms with Crippen LogP contribution in [0, 0.1) is 5.92 Å². The lowest BCUT2D eigenvalue weighted by Crippen LogP contribution is -2.47. The van der Waals surface area contributed by atoms with Crippen molar-refractivity contribution in [2.45, 2.75) is 38.6 Å². The van der Waals surface area contributed by atoms with Gasteiger partial charge in [0.05, 0.1) is 12.5 Å². The molecule has 1 aliphatic carbocycles. The molecular formula is C13H24N2O4. The summed E-state index contributed by atoms with van der Waals surface area (Å²) in [5.74, 6) is -0.969. The van der Waals surface area contributed by atoms with Gasteiger partial charge >= 0.3 is 12.0 Å². The van der Waals surface area contributed by atoms with E-state index in [1.54, 1.807) is 12.0 Å². The number of likely N-dealkylation sites (N-methyl/N-ethyl adjacent to an activating group) is 1. The van der Waals surface area contributed by atoms with E-state index in [0.29, 0.717) is 32.5 Å². The molecule has 6 heteroatoms. The van der Waals surface area contributed by atoms with Gasteiger partial charge in [0.15, 0.2) is 0 Å². The van der Waals surface area contributed by atoms with Crippen molar-refractivity contribution in [3.63, 3.8) is 0 Å². The van der Waals surface area contributed by atoms with Crippen LogP contribution in [0.25, 0.3) is 0 Å². The van der Waals surface area contributed by atoms with Crippen molar-refractivity contribution in [3.8, 4) is 0 Å². The van der Waals surface area contributed by atoms with Gasteiger partial charge in [-0.15, -0.1) is 0 Å². The summed E-state index contributed by atoms with van der Waals surface area (Å²) in [6.07, 6.45) is 2.77. The summed E-state index contributed by atoms with van der Waals surface area (Å²) >= 11 is 0. The van der Waals surface area contributed by atoms with Crippen LogP contribution in [-0.2, 0) is 9.53 Å². The largest absolute Gasteiger partial charge is 0.481 e. The third kappa shape index (κ3) is 5.06. The molecule has 0 bridgehead atoms. The van der Waals surface area contributed by atoms with Gasteiger partial charge in [-0.25, -0.2) is 4.79 Å². The summed E-state index contributed by atoms with van der Waals surface area (Å²) in [4.78, 5) is 24.6. The Kier molecular flexibility index (Phi) is 6.62. The van der Waals surface area contributed by atoms with Crippen molar-refractivity contribution in [2.24, 2.45) is 5.92 Å². The van der Waals surface area contributed by atoms with Crippen molar-refractivity contribution in [1.82, 2.24) is 10.2 Å². The number of methoxy groups -OCH3 is 1. The van der Waals surface area contributed by atoms with Gasteiger partial charge in [0, 0.05) is 26.2 Å². The third-order valence-electron chi connectivity index (χ3n) is 3.64. The number of rotatable bonds is 6. The fourth-order valence-electron chi connectivity index (χ4n) is 2.36. The van der Waals surface area contributed by atoms with E-state index in [1.807, 2.05) is 6.92 Å². The molecule has 0 saturated heterocycles. The summed E-state index contributed by atoms with van der Waals surface area (Å²) in [5, 5.41) is 11.9. The lowest BCUT2D eigenvalue weighted by Gasteiger charge is -2.29. The molecule has 0 radical (unpaired) electrons. The molecule has 0 aromatic rings. The highest BCUT2D eigenvalue weighted by Crippen LogP contribution is 2.24. The molecule has 0 aliphatic heterocycles. The molecule has 0 aromatic heterocycles. The summed E-state index contributed by atoms with van der Waals surface area (Å²) in [6, 6.07) is 0.0121. The smallest absolute Gasteiger partial charge is 0.317 e. The zero-order valence-corrected chi connectivity index (χ0v) is 11.7. The van der Waals surface area contributed by atoms with E-state index >= 15 is 0 Å². The van der Waals surface area contributed by atoms with Crippen LogP contribution in [0.15, 0.2) is 0 Å². The molecule has 2 N–H and O–H groups in total. The molecule has 0 heterocycles. The average molecular weight is 272 g/mol. The SMILES string of the molecule is CCN(CCOC)C(=O)NC1CCC(C(=O)O)CC1. The fraction of sp³-hybridized carbons (Fsp3) is 0.846. The van der Waals surface area contributed by atoms with Gasteiger partial charge in [-0.3, -0.25) is 4.79 Å². The Bertz CT molecular complexity index is 301. The van der Waals surface area contributed by atoms with E-state index in [1.165, 1.54) is 0 Å². The highest BCUT2D eigenvalue weighted by atomic mass is 16.5. The Morgan fingerprint density at radius 3 is 2.42 bits per heavy atom. The van der Waals surface area contributed by atoms with Crippen LogP contribution < -0.4 is 5.32 Å². The Labute approximate surface area is 114 Å². The van der Waals surface area contributed by atoms with Crippen LogP contribution in [-0.4, -0.2) is 54.9 Å². The molecule has 1 fully saturated rings. The second-order valence-electron chi connectivity index (χ2n) is 4.91. The number of aliphatic carboxylic acids is 1. The highest BCUT2D eigenvalue weighted by Gasteiger charge is 2.27. The average Bonchev–Trinajstić information content (AvgIpc) is 2.40. The van der Waals surface area contributed by atoms with Crippen molar-refractivity contribution < 1.29 is 19.4 Å². The summed E-state index contributed by atoms with van der Waals surface area (Å²) < 4.78 is 4.97. The van der Waals surface area contributed by atoms with Gasteiger partial charge in [-0.2, -0.15) is 0 Å².